The van der Waals surface area contributed by atoms with Gasteiger partial charge < -0.3 is 9.47 Å². The van der Waals surface area contributed by atoms with Gasteiger partial charge in [-0.1, -0.05) is 18.2 Å². The van der Waals surface area contributed by atoms with E-state index < -0.39 is 18.0 Å². The molecule has 0 saturated carbocycles. The Kier molecular flexibility index (Phi) is 3.88. The first-order valence-electron chi connectivity index (χ1n) is 6.74. The minimum absolute atomic E-state index is 0.238. The minimum Gasteiger partial charge on any atom is -0.395 e. The molecule has 0 saturated heterocycles. The number of carbonyl (C=O) groups excluding carboxylic acids is 3. The highest BCUT2D eigenvalue weighted by Gasteiger charge is 2.24. The van der Waals surface area contributed by atoms with Crippen LogP contribution in [-0.4, -0.2) is 18.0 Å². The van der Waals surface area contributed by atoms with Gasteiger partial charge in [-0.15, -0.1) is 0 Å². The fraction of sp³-hybridized carbons (Fsp3) is 0. The van der Waals surface area contributed by atoms with E-state index in [1.807, 2.05) is 0 Å². The first-order valence-corrected chi connectivity index (χ1v) is 6.74. The van der Waals surface area contributed by atoms with Crippen molar-refractivity contribution in [1.82, 2.24) is 0 Å². The summed E-state index contributed by atoms with van der Waals surface area (Å²) >= 11 is 0. The van der Waals surface area contributed by atoms with E-state index in [2.05, 4.69) is 0 Å². The predicted octanol–water partition coefficient (Wildman–Crippen LogP) is 2.69. The molecule has 0 aromatic heterocycles. The van der Waals surface area contributed by atoms with E-state index in [1.54, 1.807) is 30.3 Å². The summed E-state index contributed by atoms with van der Waals surface area (Å²) in [7, 11) is 0. The van der Waals surface area contributed by atoms with E-state index in [0.29, 0.717) is 11.4 Å². The third-order valence-corrected chi connectivity index (χ3v) is 3.05. The summed E-state index contributed by atoms with van der Waals surface area (Å²) in [5.41, 5.74) is 0.397. The number of ether oxygens (including phenoxy) is 2. The quantitative estimate of drug-likeness (QED) is 0.495. The maximum absolute atomic E-state index is 11.7. The molecule has 0 unspecified atom stereocenters. The van der Waals surface area contributed by atoms with Gasteiger partial charge in [0.15, 0.2) is 0 Å². The molecule has 6 nitrogen and oxygen atoms in total. The Morgan fingerprint density at radius 1 is 0.739 bits per heavy atom. The molecule has 0 spiro atoms. The Morgan fingerprint density at radius 3 is 1.83 bits per heavy atom. The lowest BCUT2D eigenvalue weighted by Crippen LogP contribution is -2.29. The van der Waals surface area contributed by atoms with E-state index in [-0.39, 0.29) is 5.75 Å². The molecule has 0 N–H and O–H groups in total. The molecule has 0 fully saturated rings. The zero-order valence-electron chi connectivity index (χ0n) is 11.8. The van der Waals surface area contributed by atoms with Crippen LogP contribution in [0.5, 0.6) is 11.5 Å². The smallest absolute Gasteiger partial charge is 0.395 e. The van der Waals surface area contributed by atoms with Crippen molar-refractivity contribution in [3.63, 3.8) is 0 Å². The predicted molar refractivity (Wildman–Crippen MR) is 81.2 cm³/mol. The number of benzene rings is 2. The summed E-state index contributed by atoms with van der Waals surface area (Å²) in [6.45, 7) is 0. The molecular formula is C17H11NO5. The molecule has 2 aromatic rings. The van der Waals surface area contributed by atoms with E-state index in [0.717, 1.165) is 4.90 Å². The second-order valence-corrected chi connectivity index (χ2v) is 4.61. The van der Waals surface area contributed by atoms with Gasteiger partial charge in [-0.3, -0.25) is 9.59 Å². The third kappa shape index (κ3) is 3.26. The van der Waals surface area contributed by atoms with Crippen LogP contribution in [0.2, 0.25) is 0 Å². The summed E-state index contributed by atoms with van der Waals surface area (Å²) in [5.74, 6) is -0.213. The van der Waals surface area contributed by atoms with Crippen LogP contribution in [0, 0.1) is 0 Å². The average Bonchev–Trinajstić information content (AvgIpc) is 2.88. The molecule has 6 heteroatoms. The number of hydrogen-bond donors (Lipinski definition) is 0. The van der Waals surface area contributed by atoms with Crippen molar-refractivity contribution in [2.75, 3.05) is 4.90 Å². The highest BCUT2D eigenvalue weighted by Crippen LogP contribution is 2.22. The SMILES string of the molecule is O=C(Oc1ccccc1)Oc1ccc(N2C(=O)C=CC2=O)cc1. The van der Waals surface area contributed by atoms with Gasteiger partial charge in [0.05, 0.1) is 5.69 Å². The maximum Gasteiger partial charge on any atom is 0.519 e. The Bertz CT molecular complexity index is 762. The van der Waals surface area contributed by atoms with Crippen LogP contribution in [0.15, 0.2) is 66.7 Å². The van der Waals surface area contributed by atoms with Crippen LogP contribution >= 0.6 is 0 Å². The molecule has 1 aliphatic rings. The highest BCUT2D eigenvalue weighted by atomic mass is 16.7. The molecule has 0 atom stereocenters. The monoisotopic (exact) mass is 309 g/mol. The summed E-state index contributed by atoms with van der Waals surface area (Å²) in [6.07, 6.45) is 1.52. The standard InChI is InChI=1S/C17H11NO5/c19-15-10-11-16(20)18(15)12-6-8-14(9-7-12)23-17(21)22-13-4-2-1-3-5-13/h1-11H. The van der Waals surface area contributed by atoms with Gasteiger partial charge in [-0.2, -0.15) is 0 Å². The van der Waals surface area contributed by atoms with Crippen LogP contribution in [-0.2, 0) is 9.59 Å². The lowest BCUT2D eigenvalue weighted by Gasteiger charge is -2.14. The number of para-hydroxylation sites is 1. The average molecular weight is 309 g/mol. The van der Waals surface area contributed by atoms with Crippen molar-refractivity contribution in [2.24, 2.45) is 0 Å². The Morgan fingerprint density at radius 2 is 1.26 bits per heavy atom. The van der Waals surface area contributed by atoms with Crippen LogP contribution in [0.1, 0.15) is 0 Å². The number of hydrogen-bond acceptors (Lipinski definition) is 5. The van der Waals surface area contributed by atoms with Gasteiger partial charge in [0.25, 0.3) is 11.8 Å². The zero-order chi connectivity index (χ0) is 16.2. The Labute approximate surface area is 131 Å². The van der Waals surface area contributed by atoms with Gasteiger partial charge in [-0.25, -0.2) is 9.69 Å². The first-order chi connectivity index (χ1) is 11.1. The molecule has 0 radical (unpaired) electrons. The second kappa shape index (κ2) is 6.15. The molecule has 2 amide bonds. The first kappa shape index (κ1) is 14.5. The van der Waals surface area contributed by atoms with E-state index in [4.69, 9.17) is 9.47 Å². The molecule has 3 rings (SSSR count). The molecular weight excluding hydrogens is 298 g/mol. The van der Waals surface area contributed by atoms with Crippen molar-refractivity contribution in [1.29, 1.82) is 0 Å². The van der Waals surface area contributed by atoms with E-state index in [9.17, 15) is 14.4 Å². The highest BCUT2D eigenvalue weighted by molar-refractivity contribution is 6.28. The van der Waals surface area contributed by atoms with Gasteiger partial charge in [0, 0.05) is 12.2 Å². The number of rotatable bonds is 3. The van der Waals surface area contributed by atoms with Crippen molar-refractivity contribution >= 4 is 23.7 Å². The molecule has 1 aliphatic heterocycles. The fourth-order valence-corrected chi connectivity index (χ4v) is 2.02. The molecule has 2 aromatic carbocycles. The number of nitrogens with zero attached hydrogens (tertiary/aromatic N) is 1. The largest absolute Gasteiger partial charge is 0.519 e. The lowest BCUT2D eigenvalue weighted by molar-refractivity contribution is -0.119. The van der Waals surface area contributed by atoms with Gasteiger partial charge in [-0.05, 0) is 36.4 Å². The van der Waals surface area contributed by atoms with Crippen LogP contribution < -0.4 is 14.4 Å². The van der Waals surface area contributed by atoms with Crippen LogP contribution in [0.25, 0.3) is 0 Å². The number of anilines is 1. The molecule has 1 heterocycles. The van der Waals surface area contributed by atoms with Crippen LogP contribution in [0.4, 0.5) is 10.5 Å². The molecule has 114 valence electrons. The summed E-state index contributed by atoms with van der Waals surface area (Å²) < 4.78 is 10.0. The van der Waals surface area contributed by atoms with Crippen LogP contribution in [0.3, 0.4) is 0 Å². The van der Waals surface area contributed by atoms with E-state index in [1.165, 1.54) is 36.4 Å². The topological polar surface area (TPSA) is 72.9 Å². The van der Waals surface area contributed by atoms with E-state index >= 15 is 0 Å². The van der Waals surface area contributed by atoms with Gasteiger partial charge in [0.2, 0.25) is 0 Å². The summed E-state index contributed by atoms with van der Waals surface area (Å²) in [5, 5.41) is 0. The maximum atomic E-state index is 11.7. The number of amides is 2. The zero-order valence-corrected chi connectivity index (χ0v) is 11.8. The molecule has 23 heavy (non-hydrogen) atoms. The van der Waals surface area contributed by atoms with Crippen molar-refractivity contribution in [3.05, 3.63) is 66.7 Å². The van der Waals surface area contributed by atoms with Crippen molar-refractivity contribution in [2.45, 2.75) is 0 Å². The third-order valence-electron chi connectivity index (χ3n) is 3.05. The molecule has 0 bridgehead atoms. The van der Waals surface area contributed by atoms with Gasteiger partial charge in [0.1, 0.15) is 11.5 Å². The fourth-order valence-electron chi connectivity index (χ4n) is 2.02. The number of carbonyl (C=O) groups is 3. The Balaban J connectivity index is 1.65. The minimum atomic E-state index is -0.876. The van der Waals surface area contributed by atoms with Crippen molar-refractivity contribution in [3.8, 4) is 11.5 Å². The van der Waals surface area contributed by atoms with Gasteiger partial charge >= 0.3 is 6.16 Å². The summed E-state index contributed by atoms with van der Waals surface area (Å²) in [4.78, 5) is 35.8. The van der Waals surface area contributed by atoms with Crippen molar-refractivity contribution < 1.29 is 23.9 Å². The lowest BCUT2D eigenvalue weighted by atomic mass is 10.3. The molecule has 0 aliphatic carbocycles. The second-order valence-electron chi connectivity index (χ2n) is 4.61. The normalized spacial score (nSPS) is 13.3. The Hall–Kier alpha value is -3.41. The number of imide groups is 1. The summed E-state index contributed by atoms with van der Waals surface area (Å²) in [6, 6.07) is 14.5.